The number of nitrogens with one attached hydrogen (secondary N) is 1. The molecule has 1 amide bonds. The molecule has 24 heavy (non-hydrogen) atoms. The Balaban J connectivity index is 1.66. The van der Waals surface area contributed by atoms with E-state index in [9.17, 15) is 9.59 Å². The Morgan fingerprint density at radius 3 is 2.83 bits per heavy atom. The van der Waals surface area contributed by atoms with Gasteiger partial charge in [0.05, 0.1) is 18.6 Å². The lowest BCUT2D eigenvalue weighted by Crippen LogP contribution is -2.41. The van der Waals surface area contributed by atoms with Crippen LogP contribution in [0.4, 0.5) is 0 Å². The van der Waals surface area contributed by atoms with E-state index in [-0.39, 0.29) is 11.6 Å². The number of carbonyl (C=O) groups excluding carboxylic acids is 1. The number of carbonyl (C=O) groups is 1. The number of H-pyrrole nitrogens is 1. The zero-order valence-corrected chi connectivity index (χ0v) is 13.9. The van der Waals surface area contributed by atoms with Gasteiger partial charge in [0.25, 0.3) is 0 Å². The molecule has 2 aromatic rings. The lowest BCUT2D eigenvalue weighted by molar-refractivity contribution is -0.134. The minimum absolute atomic E-state index is 0.0750. The summed E-state index contributed by atoms with van der Waals surface area (Å²) in [5, 5.41) is 4.47. The molecule has 128 valence electrons. The minimum atomic E-state index is -0.395. The van der Waals surface area contributed by atoms with Crippen molar-refractivity contribution in [3.8, 4) is 0 Å². The molecule has 0 spiro atoms. The maximum atomic E-state index is 12.8. The molecule has 4 rings (SSSR count). The molecule has 1 saturated heterocycles. The highest BCUT2D eigenvalue weighted by Crippen LogP contribution is 2.25. The molecular weight excluding hydrogens is 308 g/mol. The monoisotopic (exact) mass is 330 g/mol. The van der Waals surface area contributed by atoms with Crippen LogP contribution in [0.3, 0.4) is 0 Å². The molecule has 0 unspecified atom stereocenters. The zero-order chi connectivity index (χ0) is 16.7. The summed E-state index contributed by atoms with van der Waals surface area (Å²) < 4.78 is 3.06. The molecule has 1 fully saturated rings. The Morgan fingerprint density at radius 1 is 1.33 bits per heavy atom. The average molecular weight is 330 g/mol. The topological polar surface area (TPSA) is 88.8 Å². The highest BCUT2D eigenvalue weighted by atomic mass is 16.2. The normalized spacial score (nSPS) is 20.4. The van der Waals surface area contributed by atoms with Gasteiger partial charge in [0.2, 0.25) is 5.91 Å². The molecule has 2 aliphatic rings. The number of hydrogen-bond acceptors (Lipinski definition) is 4. The molecule has 0 saturated carbocycles. The van der Waals surface area contributed by atoms with Crippen LogP contribution < -0.4 is 5.69 Å². The SMILES string of the molecule is Cc1[nH]cnc1Cn1nc2n(c1=O)[C@@H](C(=O)N1CCCC1)CCC2. The first-order valence-electron chi connectivity index (χ1n) is 8.61. The van der Waals surface area contributed by atoms with Crippen molar-refractivity contribution in [1.29, 1.82) is 0 Å². The first-order chi connectivity index (χ1) is 11.6. The molecule has 1 N–H and O–H groups in total. The van der Waals surface area contributed by atoms with Crippen LogP contribution in [0.25, 0.3) is 0 Å². The molecule has 1 atom stereocenters. The standard InChI is InChI=1S/C16H22N6O2/c1-11-12(18-10-17-11)9-21-16(24)22-13(5-4-6-14(22)19-21)15(23)20-7-2-3-8-20/h10,13H,2-9H2,1H3,(H,17,18)/t13-/m1/s1. The van der Waals surface area contributed by atoms with E-state index in [4.69, 9.17) is 0 Å². The summed E-state index contributed by atoms with van der Waals surface area (Å²) in [6, 6.07) is -0.395. The fourth-order valence-electron chi connectivity index (χ4n) is 3.70. The maximum Gasteiger partial charge on any atom is 0.347 e. The fourth-order valence-corrected chi connectivity index (χ4v) is 3.70. The summed E-state index contributed by atoms with van der Waals surface area (Å²) in [6.07, 6.45) is 6.07. The molecule has 0 aliphatic carbocycles. The van der Waals surface area contributed by atoms with E-state index >= 15 is 0 Å². The van der Waals surface area contributed by atoms with Gasteiger partial charge < -0.3 is 9.88 Å². The Bertz CT molecular complexity index is 811. The van der Waals surface area contributed by atoms with Crippen molar-refractivity contribution in [2.45, 2.75) is 51.6 Å². The van der Waals surface area contributed by atoms with Gasteiger partial charge in [-0.25, -0.2) is 14.5 Å². The number of fused-ring (bicyclic) bond motifs is 1. The van der Waals surface area contributed by atoms with Gasteiger partial charge in [0, 0.05) is 25.2 Å². The summed E-state index contributed by atoms with van der Waals surface area (Å²) in [5.41, 5.74) is 1.53. The predicted octanol–water partition coefficient (Wildman–Crippen LogP) is 0.624. The number of nitrogens with zero attached hydrogens (tertiary/aromatic N) is 5. The molecule has 2 aromatic heterocycles. The van der Waals surface area contributed by atoms with Crippen LogP contribution in [-0.4, -0.2) is 48.2 Å². The summed E-state index contributed by atoms with van der Waals surface area (Å²) in [4.78, 5) is 34.8. The number of aromatic nitrogens is 5. The maximum absolute atomic E-state index is 12.8. The molecule has 0 bridgehead atoms. The second-order valence-electron chi connectivity index (χ2n) is 6.64. The predicted molar refractivity (Wildman–Crippen MR) is 86.7 cm³/mol. The van der Waals surface area contributed by atoms with Crippen LogP contribution >= 0.6 is 0 Å². The molecule has 4 heterocycles. The van der Waals surface area contributed by atoms with Crippen molar-refractivity contribution < 1.29 is 4.79 Å². The van der Waals surface area contributed by atoms with Gasteiger partial charge in [-0.2, -0.15) is 5.10 Å². The third-order valence-corrected chi connectivity index (χ3v) is 5.07. The van der Waals surface area contributed by atoms with Crippen molar-refractivity contribution in [1.82, 2.24) is 29.2 Å². The van der Waals surface area contributed by atoms with Gasteiger partial charge in [0.15, 0.2) is 0 Å². The van der Waals surface area contributed by atoms with Crippen molar-refractivity contribution in [3.05, 3.63) is 34.0 Å². The minimum Gasteiger partial charge on any atom is -0.348 e. The molecule has 8 nitrogen and oxygen atoms in total. The van der Waals surface area contributed by atoms with E-state index in [1.807, 2.05) is 11.8 Å². The van der Waals surface area contributed by atoms with E-state index in [0.29, 0.717) is 6.54 Å². The Labute approximate surface area is 139 Å². The zero-order valence-electron chi connectivity index (χ0n) is 13.9. The van der Waals surface area contributed by atoms with Crippen molar-refractivity contribution >= 4 is 5.91 Å². The number of likely N-dealkylation sites (tertiary alicyclic amines) is 1. The first kappa shape index (κ1) is 15.2. The van der Waals surface area contributed by atoms with Crippen molar-refractivity contribution in [3.63, 3.8) is 0 Å². The summed E-state index contributed by atoms with van der Waals surface area (Å²) in [7, 11) is 0. The van der Waals surface area contributed by atoms with E-state index in [1.54, 1.807) is 10.9 Å². The number of aryl methyl sites for hydroxylation is 2. The largest absolute Gasteiger partial charge is 0.348 e. The quantitative estimate of drug-likeness (QED) is 0.894. The number of amides is 1. The van der Waals surface area contributed by atoms with E-state index in [0.717, 1.165) is 62.4 Å². The fraction of sp³-hybridized carbons (Fsp3) is 0.625. The summed E-state index contributed by atoms with van der Waals surface area (Å²) in [6.45, 7) is 3.86. The van der Waals surface area contributed by atoms with E-state index < -0.39 is 6.04 Å². The first-order valence-corrected chi connectivity index (χ1v) is 8.61. The number of aromatic amines is 1. The second kappa shape index (κ2) is 5.92. The lowest BCUT2D eigenvalue weighted by Gasteiger charge is -2.27. The van der Waals surface area contributed by atoms with Crippen LogP contribution in [0.2, 0.25) is 0 Å². The Kier molecular flexibility index (Phi) is 3.74. The van der Waals surface area contributed by atoms with Crippen LogP contribution in [0.15, 0.2) is 11.1 Å². The highest BCUT2D eigenvalue weighted by molar-refractivity contribution is 5.80. The van der Waals surface area contributed by atoms with Crippen LogP contribution in [0.1, 0.15) is 48.9 Å². The Hall–Kier alpha value is -2.38. The lowest BCUT2D eigenvalue weighted by atomic mass is 10.0. The molecule has 0 radical (unpaired) electrons. The smallest absolute Gasteiger partial charge is 0.347 e. The van der Waals surface area contributed by atoms with Gasteiger partial charge in [-0.1, -0.05) is 0 Å². The third kappa shape index (κ3) is 2.46. The van der Waals surface area contributed by atoms with Crippen LogP contribution in [-0.2, 0) is 17.8 Å². The second-order valence-corrected chi connectivity index (χ2v) is 6.64. The van der Waals surface area contributed by atoms with Gasteiger partial charge in [-0.15, -0.1) is 0 Å². The van der Waals surface area contributed by atoms with Gasteiger partial charge in [-0.05, 0) is 32.6 Å². The van der Waals surface area contributed by atoms with Crippen molar-refractivity contribution in [2.24, 2.45) is 0 Å². The van der Waals surface area contributed by atoms with Gasteiger partial charge in [0.1, 0.15) is 11.9 Å². The molecular formula is C16H22N6O2. The van der Waals surface area contributed by atoms with E-state index in [1.165, 1.54) is 4.68 Å². The average Bonchev–Trinajstić information content (AvgIpc) is 3.30. The van der Waals surface area contributed by atoms with Gasteiger partial charge in [-0.3, -0.25) is 9.36 Å². The van der Waals surface area contributed by atoms with Crippen molar-refractivity contribution in [2.75, 3.05) is 13.1 Å². The number of rotatable bonds is 3. The summed E-state index contributed by atoms with van der Waals surface area (Å²) >= 11 is 0. The summed E-state index contributed by atoms with van der Waals surface area (Å²) in [5.74, 6) is 0.794. The molecule has 8 heteroatoms. The third-order valence-electron chi connectivity index (χ3n) is 5.07. The number of imidazole rings is 1. The molecule has 0 aromatic carbocycles. The Morgan fingerprint density at radius 2 is 2.12 bits per heavy atom. The van der Waals surface area contributed by atoms with E-state index in [2.05, 4.69) is 15.1 Å². The van der Waals surface area contributed by atoms with Gasteiger partial charge >= 0.3 is 5.69 Å². The highest BCUT2D eigenvalue weighted by Gasteiger charge is 2.34. The number of hydrogen-bond donors (Lipinski definition) is 1. The molecule has 2 aliphatic heterocycles. The van der Waals surface area contributed by atoms with Crippen LogP contribution in [0, 0.1) is 6.92 Å². The van der Waals surface area contributed by atoms with Crippen LogP contribution in [0.5, 0.6) is 0 Å².